The second kappa shape index (κ2) is 4.62. The van der Waals surface area contributed by atoms with Gasteiger partial charge in [0.2, 0.25) is 0 Å². The summed E-state index contributed by atoms with van der Waals surface area (Å²) in [4.78, 5) is 2.21. The van der Waals surface area contributed by atoms with Gasteiger partial charge in [-0.25, -0.2) is 0 Å². The first-order valence-corrected chi connectivity index (χ1v) is 5.03. The number of nitrogens with two attached hydrogens (primary N) is 1. The third kappa shape index (κ3) is 2.86. The van der Waals surface area contributed by atoms with Crippen LogP contribution in [0.3, 0.4) is 0 Å². The Kier molecular flexibility index (Phi) is 3.72. The first-order chi connectivity index (χ1) is 6.50. The van der Waals surface area contributed by atoms with Crippen LogP contribution in [0.2, 0.25) is 0 Å². The monoisotopic (exact) mass is 196 g/mol. The summed E-state index contributed by atoms with van der Waals surface area (Å²) >= 11 is 0. The highest BCUT2D eigenvalue weighted by atomic mass is 16.3. The second-order valence-corrected chi connectivity index (χ2v) is 4.09. The maximum absolute atomic E-state index is 6.01. The molecule has 1 aromatic heterocycles. The lowest BCUT2D eigenvalue weighted by Crippen LogP contribution is -2.33. The van der Waals surface area contributed by atoms with E-state index in [1.165, 1.54) is 0 Å². The Hall–Kier alpha value is -0.800. The third-order valence-corrected chi connectivity index (χ3v) is 2.49. The molecule has 0 radical (unpaired) electrons. The molecule has 1 atom stereocenters. The van der Waals surface area contributed by atoms with Gasteiger partial charge in [0.15, 0.2) is 0 Å². The smallest absolute Gasteiger partial charge is 0.122 e. The van der Waals surface area contributed by atoms with E-state index in [2.05, 4.69) is 25.8 Å². The SMILES string of the molecule is Cc1ccc(C(N)CN(C)C(C)C)o1. The summed E-state index contributed by atoms with van der Waals surface area (Å²) in [6.45, 7) is 7.06. The number of hydrogen-bond acceptors (Lipinski definition) is 3. The highest BCUT2D eigenvalue weighted by molar-refractivity contribution is 5.09. The predicted octanol–water partition coefficient (Wildman–Crippen LogP) is 1.93. The molecule has 3 heteroatoms. The average Bonchev–Trinajstić information content (AvgIpc) is 2.51. The van der Waals surface area contributed by atoms with Crippen LogP contribution in [0.5, 0.6) is 0 Å². The Morgan fingerprint density at radius 2 is 2.07 bits per heavy atom. The summed E-state index contributed by atoms with van der Waals surface area (Å²) in [7, 11) is 2.07. The number of hydrogen-bond donors (Lipinski definition) is 1. The number of rotatable bonds is 4. The van der Waals surface area contributed by atoms with Crippen molar-refractivity contribution >= 4 is 0 Å². The van der Waals surface area contributed by atoms with E-state index in [4.69, 9.17) is 10.2 Å². The van der Waals surface area contributed by atoms with Crippen LogP contribution in [0.1, 0.15) is 31.4 Å². The zero-order chi connectivity index (χ0) is 10.7. The summed E-state index contributed by atoms with van der Waals surface area (Å²) in [6.07, 6.45) is 0. The Balaban J connectivity index is 2.54. The van der Waals surface area contributed by atoms with E-state index in [0.717, 1.165) is 18.1 Å². The minimum Gasteiger partial charge on any atom is -0.465 e. The third-order valence-electron chi connectivity index (χ3n) is 2.49. The molecule has 1 aromatic rings. The molecule has 0 aliphatic rings. The van der Waals surface area contributed by atoms with Crippen molar-refractivity contribution in [3.8, 4) is 0 Å². The van der Waals surface area contributed by atoms with Crippen molar-refractivity contribution in [1.82, 2.24) is 4.90 Å². The molecule has 0 aliphatic carbocycles. The van der Waals surface area contributed by atoms with Crippen LogP contribution in [0, 0.1) is 6.92 Å². The van der Waals surface area contributed by atoms with Crippen molar-refractivity contribution in [3.05, 3.63) is 23.7 Å². The highest BCUT2D eigenvalue weighted by Gasteiger charge is 2.13. The zero-order valence-electron chi connectivity index (χ0n) is 9.45. The van der Waals surface area contributed by atoms with Gasteiger partial charge in [-0.3, -0.25) is 0 Å². The minimum absolute atomic E-state index is 0.0314. The Morgan fingerprint density at radius 3 is 2.50 bits per heavy atom. The van der Waals surface area contributed by atoms with Crippen molar-refractivity contribution in [1.29, 1.82) is 0 Å². The summed E-state index contributed by atoms with van der Waals surface area (Å²) in [6, 6.07) is 4.38. The molecule has 2 N–H and O–H groups in total. The minimum atomic E-state index is -0.0314. The number of furan rings is 1. The van der Waals surface area contributed by atoms with E-state index in [1.807, 2.05) is 19.1 Å². The number of aryl methyl sites for hydroxylation is 1. The van der Waals surface area contributed by atoms with Crippen LogP contribution >= 0.6 is 0 Å². The van der Waals surface area contributed by atoms with Crippen molar-refractivity contribution < 1.29 is 4.42 Å². The molecule has 14 heavy (non-hydrogen) atoms. The van der Waals surface area contributed by atoms with Crippen molar-refractivity contribution in [2.45, 2.75) is 32.9 Å². The standard InChI is InChI=1S/C11H20N2O/c1-8(2)13(4)7-10(12)11-6-5-9(3)14-11/h5-6,8,10H,7,12H2,1-4H3. The van der Waals surface area contributed by atoms with Gasteiger partial charge in [-0.15, -0.1) is 0 Å². The maximum Gasteiger partial charge on any atom is 0.122 e. The fourth-order valence-electron chi connectivity index (χ4n) is 1.26. The molecule has 80 valence electrons. The first kappa shape index (κ1) is 11.3. The van der Waals surface area contributed by atoms with Gasteiger partial charge in [-0.05, 0) is 40.0 Å². The number of nitrogens with zero attached hydrogens (tertiary/aromatic N) is 1. The van der Waals surface area contributed by atoms with Crippen LogP contribution < -0.4 is 5.73 Å². The van der Waals surface area contributed by atoms with Crippen LogP contribution in [0.4, 0.5) is 0 Å². The molecule has 0 aromatic carbocycles. The summed E-state index contributed by atoms with van der Waals surface area (Å²) < 4.78 is 5.47. The molecule has 0 fully saturated rings. The fraction of sp³-hybridized carbons (Fsp3) is 0.636. The molecule has 0 saturated carbocycles. The topological polar surface area (TPSA) is 42.4 Å². The molecule has 0 amide bonds. The van der Waals surface area contributed by atoms with E-state index in [0.29, 0.717) is 6.04 Å². The van der Waals surface area contributed by atoms with Crippen LogP contribution in [0.15, 0.2) is 16.5 Å². The van der Waals surface area contributed by atoms with Crippen LogP contribution in [-0.4, -0.2) is 24.5 Å². The zero-order valence-corrected chi connectivity index (χ0v) is 9.45. The van der Waals surface area contributed by atoms with Crippen molar-refractivity contribution in [2.24, 2.45) is 5.73 Å². The second-order valence-electron chi connectivity index (χ2n) is 4.09. The molecule has 1 unspecified atom stereocenters. The lowest BCUT2D eigenvalue weighted by Gasteiger charge is -2.23. The van der Waals surface area contributed by atoms with E-state index in [1.54, 1.807) is 0 Å². The summed E-state index contributed by atoms with van der Waals surface area (Å²) in [5.41, 5.74) is 6.01. The molecule has 0 saturated heterocycles. The molecule has 1 heterocycles. The summed E-state index contributed by atoms with van der Waals surface area (Å²) in [5, 5.41) is 0. The van der Waals surface area contributed by atoms with Gasteiger partial charge < -0.3 is 15.1 Å². The van der Waals surface area contributed by atoms with Crippen molar-refractivity contribution in [2.75, 3.05) is 13.6 Å². The van der Waals surface area contributed by atoms with Crippen LogP contribution in [-0.2, 0) is 0 Å². The number of likely N-dealkylation sites (N-methyl/N-ethyl adjacent to an activating group) is 1. The molecule has 0 spiro atoms. The highest BCUT2D eigenvalue weighted by Crippen LogP contribution is 2.15. The normalized spacial score (nSPS) is 13.9. The fourth-order valence-corrected chi connectivity index (χ4v) is 1.26. The molecule has 1 rings (SSSR count). The van der Waals surface area contributed by atoms with Gasteiger partial charge in [0.25, 0.3) is 0 Å². The first-order valence-electron chi connectivity index (χ1n) is 5.03. The van der Waals surface area contributed by atoms with E-state index in [-0.39, 0.29) is 6.04 Å². The van der Waals surface area contributed by atoms with Gasteiger partial charge in [-0.2, -0.15) is 0 Å². The molecular weight excluding hydrogens is 176 g/mol. The van der Waals surface area contributed by atoms with Gasteiger partial charge in [0.1, 0.15) is 11.5 Å². The van der Waals surface area contributed by atoms with Gasteiger partial charge in [-0.1, -0.05) is 0 Å². The van der Waals surface area contributed by atoms with Crippen LogP contribution in [0.25, 0.3) is 0 Å². The Labute approximate surface area is 85.9 Å². The van der Waals surface area contributed by atoms with Gasteiger partial charge >= 0.3 is 0 Å². The Morgan fingerprint density at radius 1 is 1.43 bits per heavy atom. The summed E-state index contributed by atoms with van der Waals surface area (Å²) in [5.74, 6) is 1.79. The van der Waals surface area contributed by atoms with Gasteiger partial charge in [0, 0.05) is 12.6 Å². The van der Waals surface area contributed by atoms with E-state index >= 15 is 0 Å². The van der Waals surface area contributed by atoms with Gasteiger partial charge in [0.05, 0.1) is 6.04 Å². The maximum atomic E-state index is 6.01. The van der Waals surface area contributed by atoms with E-state index < -0.39 is 0 Å². The lowest BCUT2D eigenvalue weighted by atomic mass is 10.2. The molecular formula is C11H20N2O. The predicted molar refractivity (Wildman–Crippen MR) is 58.1 cm³/mol. The lowest BCUT2D eigenvalue weighted by molar-refractivity contribution is 0.246. The molecule has 0 aliphatic heterocycles. The Bertz CT molecular complexity index is 281. The molecule has 3 nitrogen and oxygen atoms in total. The average molecular weight is 196 g/mol. The van der Waals surface area contributed by atoms with E-state index in [9.17, 15) is 0 Å². The largest absolute Gasteiger partial charge is 0.465 e. The van der Waals surface area contributed by atoms with Crippen molar-refractivity contribution in [3.63, 3.8) is 0 Å². The molecule has 0 bridgehead atoms. The quantitative estimate of drug-likeness (QED) is 0.800.